The highest BCUT2D eigenvalue weighted by atomic mass is 16.4. The Balaban J connectivity index is 1.92. The van der Waals surface area contributed by atoms with Crippen molar-refractivity contribution in [3.8, 4) is 0 Å². The van der Waals surface area contributed by atoms with Crippen LogP contribution in [0.3, 0.4) is 0 Å². The summed E-state index contributed by atoms with van der Waals surface area (Å²) < 4.78 is 5.02. The highest BCUT2D eigenvalue weighted by molar-refractivity contribution is 5.85. The number of H-pyrrole nitrogens is 1. The predicted molar refractivity (Wildman–Crippen MR) is 76.5 cm³/mol. The van der Waals surface area contributed by atoms with E-state index in [0.29, 0.717) is 16.8 Å². The van der Waals surface area contributed by atoms with Crippen LogP contribution in [0, 0.1) is 5.92 Å². The number of nitrogens with zero attached hydrogens (tertiary/aromatic N) is 1. The van der Waals surface area contributed by atoms with Gasteiger partial charge in [0, 0.05) is 19.2 Å². The van der Waals surface area contributed by atoms with Crippen LogP contribution in [-0.2, 0) is 0 Å². The molecule has 3 rings (SSSR count). The summed E-state index contributed by atoms with van der Waals surface area (Å²) in [5.41, 5.74) is 8.98. The number of oxazole rings is 1. The van der Waals surface area contributed by atoms with E-state index in [9.17, 15) is 4.79 Å². The molecular formula is C14H19N3O2. The standard InChI is InChI=1S/C14H19N3O2/c1-2-9-3-5-17(6-4-9)12-8-11-13(7-10(12)15)19-14(18)16-11/h7-9H,2-6,15H2,1H3,(H,16,18). The lowest BCUT2D eigenvalue weighted by Crippen LogP contribution is -2.33. The number of nitrogens with one attached hydrogen (secondary N) is 1. The number of nitrogen functional groups attached to an aromatic ring is 1. The van der Waals surface area contributed by atoms with E-state index in [2.05, 4.69) is 16.8 Å². The molecule has 1 aliphatic heterocycles. The maximum atomic E-state index is 11.2. The van der Waals surface area contributed by atoms with Crippen molar-refractivity contribution in [3.05, 3.63) is 22.7 Å². The van der Waals surface area contributed by atoms with E-state index < -0.39 is 5.76 Å². The third-order valence-corrected chi connectivity index (χ3v) is 4.10. The lowest BCUT2D eigenvalue weighted by molar-refractivity contribution is 0.395. The van der Waals surface area contributed by atoms with E-state index in [4.69, 9.17) is 10.2 Å². The molecule has 5 nitrogen and oxygen atoms in total. The quantitative estimate of drug-likeness (QED) is 0.813. The van der Waals surface area contributed by atoms with E-state index in [0.717, 1.165) is 24.7 Å². The maximum absolute atomic E-state index is 11.2. The minimum Gasteiger partial charge on any atom is -0.408 e. The minimum atomic E-state index is -0.434. The van der Waals surface area contributed by atoms with Gasteiger partial charge in [-0.3, -0.25) is 4.98 Å². The van der Waals surface area contributed by atoms with Crippen molar-refractivity contribution < 1.29 is 4.42 Å². The molecule has 1 aromatic carbocycles. The minimum absolute atomic E-state index is 0.434. The van der Waals surface area contributed by atoms with Gasteiger partial charge in [-0.05, 0) is 24.8 Å². The molecule has 19 heavy (non-hydrogen) atoms. The molecule has 0 bridgehead atoms. The summed E-state index contributed by atoms with van der Waals surface area (Å²) >= 11 is 0. The lowest BCUT2D eigenvalue weighted by Gasteiger charge is -2.33. The molecule has 0 saturated carbocycles. The molecule has 5 heteroatoms. The Morgan fingerprint density at radius 3 is 2.84 bits per heavy atom. The molecule has 1 aliphatic rings. The van der Waals surface area contributed by atoms with Crippen LogP contribution in [0.5, 0.6) is 0 Å². The lowest BCUT2D eigenvalue weighted by atomic mass is 9.94. The van der Waals surface area contributed by atoms with Crippen LogP contribution < -0.4 is 16.4 Å². The molecule has 0 radical (unpaired) electrons. The Morgan fingerprint density at radius 1 is 1.42 bits per heavy atom. The number of aromatic amines is 1. The van der Waals surface area contributed by atoms with Gasteiger partial charge in [0.25, 0.3) is 0 Å². The van der Waals surface area contributed by atoms with Crippen LogP contribution in [-0.4, -0.2) is 18.1 Å². The van der Waals surface area contributed by atoms with Crippen LogP contribution in [0.15, 0.2) is 21.3 Å². The second-order valence-electron chi connectivity index (χ2n) is 5.26. The first-order valence-electron chi connectivity index (χ1n) is 6.84. The van der Waals surface area contributed by atoms with Crippen molar-refractivity contribution >= 4 is 22.5 Å². The van der Waals surface area contributed by atoms with E-state index >= 15 is 0 Å². The van der Waals surface area contributed by atoms with Gasteiger partial charge in [0.05, 0.1) is 16.9 Å². The van der Waals surface area contributed by atoms with E-state index in [1.807, 2.05) is 6.07 Å². The molecule has 1 saturated heterocycles. The number of aromatic nitrogens is 1. The van der Waals surface area contributed by atoms with Gasteiger partial charge in [0.2, 0.25) is 0 Å². The van der Waals surface area contributed by atoms with E-state index in [1.54, 1.807) is 6.07 Å². The van der Waals surface area contributed by atoms with Crippen molar-refractivity contribution in [2.24, 2.45) is 5.92 Å². The van der Waals surface area contributed by atoms with Crippen molar-refractivity contribution in [2.75, 3.05) is 23.7 Å². The second-order valence-corrected chi connectivity index (χ2v) is 5.26. The molecule has 0 atom stereocenters. The Labute approximate surface area is 111 Å². The summed E-state index contributed by atoms with van der Waals surface area (Å²) in [7, 11) is 0. The first-order chi connectivity index (χ1) is 9.17. The first kappa shape index (κ1) is 12.1. The second kappa shape index (κ2) is 4.64. The summed E-state index contributed by atoms with van der Waals surface area (Å²) in [6.45, 7) is 4.30. The van der Waals surface area contributed by atoms with E-state index in [1.165, 1.54) is 19.3 Å². The summed E-state index contributed by atoms with van der Waals surface area (Å²) in [6, 6.07) is 3.65. The average Bonchev–Trinajstić information content (AvgIpc) is 2.77. The predicted octanol–water partition coefficient (Wildman–Crippen LogP) is 2.33. The molecule has 102 valence electrons. The zero-order chi connectivity index (χ0) is 13.4. The number of anilines is 2. The van der Waals surface area contributed by atoms with Gasteiger partial charge in [-0.25, -0.2) is 4.79 Å². The zero-order valence-electron chi connectivity index (χ0n) is 11.1. The van der Waals surface area contributed by atoms with Gasteiger partial charge in [-0.15, -0.1) is 0 Å². The zero-order valence-corrected chi connectivity index (χ0v) is 11.1. The van der Waals surface area contributed by atoms with Gasteiger partial charge < -0.3 is 15.1 Å². The molecule has 2 heterocycles. The summed E-state index contributed by atoms with van der Waals surface area (Å²) in [4.78, 5) is 16.2. The van der Waals surface area contributed by atoms with Gasteiger partial charge in [0.1, 0.15) is 0 Å². The van der Waals surface area contributed by atoms with Crippen LogP contribution in [0.4, 0.5) is 11.4 Å². The third-order valence-electron chi connectivity index (χ3n) is 4.10. The fraction of sp³-hybridized carbons (Fsp3) is 0.500. The molecule has 0 amide bonds. The van der Waals surface area contributed by atoms with E-state index in [-0.39, 0.29) is 0 Å². The maximum Gasteiger partial charge on any atom is 0.417 e. The summed E-state index contributed by atoms with van der Waals surface area (Å²) in [6.07, 6.45) is 3.66. The van der Waals surface area contributed by atoms with Crippen molar-refractivity contribution in [1.82, 2.24) is 4.98 Å². The Kier molecular flexibility index (Phi) is 2.97. The Hall–Kier alpha value is -1.91. The van der Waals surface area contributed by atoms with Gasteiger partial charge in [0.15, 0.2) is 5.58 Å². The Bertz CT molecular complexity index is 636. The molecule has 2 aromatic rings. The monoisotopic (exact) mass is 261 g/mol. The average molecular weight is 261 g/mol. The number of nitrogens with two attached hydrogens (primary N) is 1. The summed E-state index contributed by atoms with van der Waals surface area (Å²) in [5.74, 6) is 0.395. The normalized spacial score (nSPS) is 17.2. The highest BCUT2D eigenvalue weighted by Crippen LogP contribution is 2.31. The van der Waals surface area contributed by atoms with Crippen molar-refractivity contribution in [3.63, 3.8) is 0 Å². The molecule has 3 N–H and O–H groups in total. The van der Waals surface area contributed by atoms with Crippen LogP contribution in [0.25, 0.3) is 11.1 Å². The molecule has 1 aromatic heterocycles. The number of benzene rings is 1. The molecule has 0 spiro atoms. The van der Waals surface area contributed by atoms with Gasteiger partial charge in [-0.2, -0.15) is 0 Å². The largest absolute Gasteiger partial charge is 0.417 e. The topological polar surface area (TPSA) is 75.3 Å². The fourth-order valence-electron chi connectivity index (χ4n) is 2.86. The van der Waals surface area contributed by atoms with Gasteiger partial charge >= 0.3 is 5.76 Å². The van der Waals surface area contributed by atoms with Crippen LogP contribution in [0.2, 0.25) is 0 Å². The number of fused-ring (bicyclic) bond motifs is 1. The molecular weight excluding hydrogens is 242 g/mol. The Morgan fingerprint density at radius 2 is 2.16 bits per heavy atom. The first-order valence-corrected chi connectivity index (χ1v) is 6.84. The van der Waals surface area contributed by atoms with Crippen LogP contribution in [0.1, 0.15) is 26.2 Å². The third kappa shape index (κ3) is 2.20. The number of rotatable bonds is 2. The number of piperidine rings is 1. The fourth-order valence-corrected chi connectivity index (χ4v) is 2.86. The highest BCUT2D eigenvalue weighted by Gasteiger charge is 2.20. The molecule has 0 aliphatic carbocycles. The summed E-state index contributed by atoms with van der Waals surface area (Å²) in [5, 5.41) is 0. The number of hydrogen-bond donors (Lipinski definition) is 2. The molecule has 1 fully saturated rings. The van der Waals surface area contributed by atoms with Crippen molar-refractivity contribution in [2.45, 2.75) is 26.2 Å². The van der Waals surface area contributed by atoms with Crippen LogP contribution >= 0.6 is 0 Å². The SMILES string of the molecule is CCC1CCN(c2cc3[nH]c(=O)oc3cc2N)CC1. The van der Waals surface area contributed by atoms with Crippen molar-refractivity contribution in [1.29, 1.82) is 0 Å². The number of hydrogen-bond acceptors (Lipinski definition) is 4. The molecule has 0 unspecified atom stereocenters. The van der Waals surface area contributed by atoms with Gasteiger partial charge in [-0.1, -0.05) is 13.3 Å². The smallest absolute Gasteiger partial charge is 0.408 e.